The van der Waals surface area contributed by atoms with Crippen molar-refractivity contribution in [1.29, 1.82) is 0 Å². The van der Waals surface area contributed by atoms with Crippen LogP contribution in [-0.4, -0.2) is 27.5 Å². The molecule has 1 atom stereocenters. The highest BCUT2D eigenvalue weighted by atomic mass is 19.1. The van der Waals surface area contributed by atoms with Crippen molar-refractivity contribution in [3.8, 4) is 0 Å². The maximum Gasteiger partial charge on any atom is 0.420 e. The molecule has 0 aliphatic heterocycles. The van der Waals surface area contributed by atoms with Crippen LogP contribution < -0.4 is 11.1 Å². The molecular weight excluding hydrogens is 389 g/mol. The molecule has 0 radical (unpaired) electrons. The summed E-state index contributed by atoms with van der Waals surface area (Å²) >= 11 is 0. The molecule has 2 aromatic carbocycles. The van der Waals surface area contributed by atoms with Crippen molar-refractivity contribution in [2.75, 3.05) is 5.32 Å². The first kappa shape index (κ1) is 19.7. The van der Waals surface area contributed by atoms with Crippen molar-refractivity contribution in [1.82, 2.24) is 4.57 Å². The number of ether oxygens (including phenoxy) is 1. The number of aromatic nitrogens is 1. The van der Waals surface area contributed by atoms with Gasteiger partial charge in [-0.2, -0.15) is 0 Å². The third-order valence-corrected chi connectivity index (χ3v) is 3.92. The predicted octanol–water partition coefficient (Wildman–Crippen LogP) is 2.21. The fourth-order valence-electron chi connectivity index (χ4n) is 2.55. The number of anilines is 1. The minimum absolute atomic E-state index is 0.0612. The van der Waals surface area contributed by atoms with Gasteiger partial charge in [0.1, 0.15) is 12.4 Å². The lowest BCUT2D eigenvalue weighted by atomic mass is 10.3. The van der Waals surface area contributed by atoms with E-state index in [2.05, 4.69) is 5.32 Å². The molecule has 1 N–H and O–H groups in total. The van der Waals surface area contributed by atoms with E-state index < -0.39 is 41.0 Å². The van der Waals surface area contributed by atoms with Gasteiger partial charge in [-0.3, -0.25) is 24.3 Å². The van der Waals surface area contributed by atoms with Crippen molar-refractivity contribution < 1.29 is 28.1 Å². The molecule has 1 heterocycles. The van der Waals surface area contributed by atoms with E-state index in [1.165, 1.54) is 31.2 Å². The second kappa shape index (κ2) is 7.92. The number of nitro groups is 1. The number of carbonyl (C=O) groups excluding carboxylic acids is 2. The fourth-order valence-corrected chi connectivity index (χ4v) is 2.55. The van der Waals surface area contributed by atoms with Gasteiger partial charge in [0, 0.05) is 11.8 Å². The molecule has 0 saturated heterocycles. The van der Waals surface area contributed by atoms with E-state index in [1.807, 2.05) is 0 Å². The molecule has 1 aromatic heterocycles. The number of halogens is 1. The Balaban J connectivity index is 1.68. The van der Waals surface area contributed by atoms with Crippen molar-refractivity contribution in [2.24, 2.45) is 0 Å². The molecule has 1 amide bonds. The number of amides is 1. The molecule has 10 nitrogen and oxygen atoms in total. The molecule has 3 rings (SSSR count). The topological polar surface area (TPSA) is 134 Å². The highest BCUT2D eigenvalue weighted by molar-refractivity contribution is 5.95. The summed E-state index contributed by atoms with van der Waals surface area (Å²) in [6.45, 7) is 0.743. The van der Waals surface area contributed by atoms with Crippen LogP contribution in [-0.2, 0) is 20.9 Å². The number of benzene rings is 2. The maximum atomic E-state index is 13.2. The SMILES string of the molecule is C[C@@H](OC(=O)Cn1c(=O)oc2cc([N+](=O)[O-])ccc21)C(=O)Nc1cccc(F)c1. The number of rotatable bonds is 6. The van der Waals surface area contributed by atoms with Gasteiger partial charge in [0.2, 0.25) is 0 Å². The van der Waals surface area contributed by atoms with Gasteiger partial charge in [-0.25, -0.2) is 9.18 Å². The number of non-ortho nitro benzene ring substituents is 1. The molecule has 0 aliphatic rings. The molecular formula is C18H14FN3O7. The molecule has 0 saturated carbocycles. The number of nitrogens with zero attached hydrogens (tertiary/aromatic N) is 2. The number of hydrogen-bond acceptors (Lipinski definition) is 7. The summed E-state index contributed by atoms with van der Waals surface area (Å²) < 4.78 is 24.0. The highest BCUT2D eigenvalue weighted by Crippen LogP contribution is 2.20. The lowest BCUT2D eigenvalue weighted by molar-refractivity contribution is -0.384. The molecule has 0 aliphatic carbocycles. The Labute approximate surface area is 161 Å². The van der Waals surface area contributed by atoms with E-state index >= 15 is 0 Å². The second-order valence-corrected chi connectivity index (χ2v) is 5.99. The van der Waals surface area contributed by atoms with Crippen LogP contribution in [0.5, 0.6) is 0 Å². The van der Waals surface area contributed by atoms with Crippen molar-refractivity contribution >= 4 is 34.4 Å². The summed E-state index contributed by atoms with van der Waals surface area (Å²) in [5, 5.41) is 13.2. The normalized spacial score (nSPS) is 11.8. The summed E-state index contributed by atoms with van der Waals surface area (Å²) in [4.78, 5) is 46.3. The molecule has 0 bridgehead atoms. The summed E-state index contributed by atoms with van der Waals surface area (Å²) in [5.41, 5.74) is 0.0171. The average Bonchev–Trinajstić information content (AvgIpc) is 2.96. The van der Waals surface area contributed by atoms with Crippen LogP contribution in [0.3, 0.4) is 0 Å². The van der Waals surface area contributed by atoms with E-state index in [9.17, 15) is 28.9 Å². The first-order valence-electron chi connectivity index (χ1n) is 8.28. The molecule has 0 spiro atoms. The van der Waals surface area contributed by atoms with Crippen LogP contribution in [0.2, 0.25) is 0 Å². The summed E-state index contributed by atoms with van der Waals surface area (Å²) in [6, 6.07) is 8.67. The summed E-state index contributed by atoms with van der Waals surface area (Å²) in [5.74, 6) is -3.05. The smallest absolute Gasteiger partial charge is 0.420 e. The third-order valence-electron chi connectivity index (χ3n) is 3.92. The van der Waals surface area contributed by atoms with E-state index in [-0.39, 0.29) is 22.5 Å². The average molecular weight is 403 g/mol. The van der Waals surface area contributed by atoms with Gasteiger partial charge < -0.3 is 14.5 Å². The Bertz CT molecular complexity index is 1170. The number of oxazole rings is 1. The first-order chi connectivity index (χ1) is 13.7. The lowest BCUT2D eigenvalue weighted by Crippen LogP contribution is -2.32. The van der Waals surface area contributed by atoms with E-state index in [0.29, 0.717) is 0 Å². The zero-order valence-electron chi connectivity index (χ0n) is 15.0. The van der Waals surface area contributed by atoms with Crippen LogP contribution in [0.15, 0.2) is 51.7 Å². The van der Waals surface area contributed by atoms with Gasteiger partial charge >= 0.3 is 11.7 Å². The lowest BCUT2D eigenvalue weighted by Gasteiger charge is -2.13. The zero-order chi connectivity index (χ0) is 21.1. The Morgan fingerprint density at radius 2 is 2.07 bits per heavy atom. The van der Waals surface area contributed by atoms with Crippen LogP contribution in [0, 0.1) is 15.9 Å². The van der Waals surface area contributed by atoms with Gasteiger partial charge in [-0.15, -0.1) is 0 Å². The minimum Gasteiger partial charge on any atom is -0.451 e. The van der Waals surface area contributed by atoms with Crippen LogP contribution in [0.25, 0.3) is 11.1 Å². The fraction of sp³-hybridized carbons (Fsp3) is 0.167. The molecule has 0 fully saturated rings. The number of carbonyl (C=O) groups is 2. The largest absolute Gasteiger partial charge is 0.451 e. The van der Waals surface area contributed by atoms with E-state index in [4.69, 9.17) is 9.15 Å². The zero-order valence-corrected chi connectivity index (χ0v) is 15.0. The van der Waals surface area contributed by atoms with Crippen LogP contribution in [0.1, 0.15) is 6.92 Å². The van der Waals surface area contributed by atoms with Gasteiger partial charge in [-0.1, -0.05) is 6.07 Å². The van der Waals surface area contributed by atoms with E-state index in [1.54, 1.807) is 0 Å². The Morgan fingerprint density at radius 1 is 1.31 bits per heavy atom. The molecule has 3 aromatic rings. The molecule has 29 heavy (non-hydrogen) atoms. The van der Waals surface area contributed by atoms with Gasteiger partial charge in [-0.05, 0) is 31.2 Å². The van der Waals surface area contributed by atoms with Crippen molar-refractivity contribution in [3.63, 3.8) is 0 Å². The minimum atomic E-state index is -1.22. The predicted molar refractivity (Wildman–Crippen MR) is 97.7 cm³/mol. The van der Waals surface area contributed by atoms with Crippen molar-refractivity contribution in [2.45, 2.75) is 19.6 Å². The summed E-state index contributed by atoms with van der Waals surface area (Å²) in [7, 11) is 0. The van der Waals surface area contributed by atoms with Gasteiger partial charge in [0.25, 0.3) is 11.6 Å². The molecule has 150 valence electrons. The van der Waals surface area contributed by atoms with Crippen LogP contribution >= 0.6 is 0 Å². The third kappa shape index (κ3) is 4.46. The number of fused-ring (bicyclic) bond motifs is 1. The summed E-state index contributed by atoms with van der Waals surface area (Å²) in [6.07, 6.45) is -1.22. The number of nitro benzene ring substituents is 1. The first-order valence-corrected chi connectivity index (χ1v) is 8.28. The number of nitrogens with one attached hydrogen (secondary N) is 1. The van der Waals surface area contributed by atoms with E-state index in [0.717, 1.165) is 22.8 Å². The molecule has 0 unspecified atom stereocenters. The monoisotopic (exact) mass is 403 g/mol. The Morgan fingerprint density at radius 3 is 2.76 bits per heavy atom. The Hall–Kier alpha value is -4.02. The standard InChI is InChI=1S/C18H14FN3O7/c1-10(17(24)20-12-4-2-3-11(19)7-12)28-16(23)9-21-14-6-5-13(22(26)27)8-15(14)29-18(21)25/h2-8,10H,9H2,1H3,(H,20,24)/t10-/m1/s1. The van der Waals surface area contributed by atoms with Gasteiger partial charge in [0.05, 0.1) is 16.5 Å². The molecule has 11 heteroatoms. The van der Waals surface area contributed by atoms with Crippen molar-refractivity contribution in [3.05, 3.63) is 68.9 Å². The number of hydrogen-bond donors (Lipinski definition) is 1. The quantitative estimate of drug-likeness (QED) is 0.379. The second-order valence-electron chi connectivity index (χ2n) is 5.99. The maximum absolute atomic E-state index is 13.2. The Kier molecular flexibility index (Phi) is 5.39. The van der Waals surface area contributed by atoms with Gasteiger partial charge in [0.15, 0.2) is 11.7 Å². The number of esters is 1. The highest BCUT2D eigenvalue weighted by Gasteiger charge is 2.21. The van der Waals surface area contributed by atoms with Crippen LogP contribution in [0.4, 0.5) is 15.8 Å².